The lowest BCUT2D eigenvalue weighted by molar-refractivity contribution is 0.369. The molecule has 0 fully saturated rings. The highest BCUT2D eigenvalue weighted by atomic mass is 16.5. The van der Waals surface area contributed by atoms with E-state index in [0.717, 1.165) is 38.5 Å². The van der Waals surface area contributed by atoms with Gasteiger partial charge in [0.05, 0.1) is 6.54 Å². The average molecular weight is 407 g/mol. The van der Waals surface area contributed by atoms with E-state index in [1.807, 2.05) is 11.8 Å². The summed E-state index contributed by atoms with van der Waals surface area (Å²) in [7, 11) is 0. The highest BCUT2D eigenvalue weighted by molar-refractivity contribution is 5.62. The second-order valence-electron chi connectivity index (χ2n) is 7.81. The van der Waals surface area contributed by atoms with E-state index in [9.17, 15) is 9.59 Å². The number of rotatable bonds is 12. The molecule has 2 aromatic heterocycles. The van der Waals surface area contributed by atoms with Crippen LogP contribution in [0.3, 0.4) is 0 Å². The van der Waals surface area contributed by atoms with Crippen molar-refractivity contribution in [2.24, 2.45) is 5.92 Å². The maximum atomic E-state index is 12.7. The van der Waals surface area contributed by atoms with Crippen LogP contribution in [0.4, 0.5) is 11.5 Å². The van der Waals surface area contributed by atoms with Crippen molar-refractivity contribution < 1.29 is 4.52 Å². The first-order valence-corrected chi connectivity index (χ1v) is 10.6. The first-order chi connectivity index (χ1) is 13.9. The van der Waals surface area contributed by atoms with Gasteiger partial charge in [-0.05, 0) is 25.2 Å². The van der Waals surface area contributed by atoms with Crippen LogP contribution in [0.1, 0.15) is 71.5 Å². The fourth-order valence-corrected chi connectivity index (χ4v) is 3.06. The van der Waals surface area contributed by atoms with Gasteiger partial charge in [-0.3, -0.25) is 14.3 Å². The summed E-state index contributed by atoms with van der Waals surface area (Å²) in [6.07, 6.45) is 5.33. The van der Waals surface area contributed by atoms with Gasteiger partial charge in [0.15, 0.2) is 5.82 Å². The zero-order valence-electron chi connectivity index (χ0n) is 18.0. The number of nitrogens with one attached hydrogen (secondary N) is 1. The van der Waals surface area contributed by atoms with Gasteiger partial charge in [0.1, 0.15) is 11.5 Å². The van der Waals surface area contributed by atoms with E-state index < -0.39 is 11.2 Å². The van der Waals surface area contributed by atoms with Crippen LogP contribution in [-0.4, -0.2) is 26.2 Å². The minimum Gasteiger partial charge on any atom is -0.383 e. The number of H-pyrrole nitrogens is 1. The first-order valence-electron chi connectivity index (χ1n) is 10.6. The third-order valence-corrected chi connectivity index (χ3v) is 4.83. The highest BCUT2D eigenvalue weighted by Gasteiger charge is 2.21. The summed E-state index contributed by atoms with van der Waals surface area (Å²) in [5.41, 5.74) is 5.62. The molecule has 2 rings (SSSR count). The number of aromatic nitrogens is 4. The van der Waals surface area contributed by atoms with Gasteiger partial charge in [-0.2, -0.15) is 4.98 Å². The lowest BCUT2D eigenvalue weighted by Crippen LogP contribution is -2.39. The van der Waals surface area contributed by atoms with E-state index in [1.54, 1.807) is 0 Å². The summed E-state index contributed by atoms with van der Waals surface area (Å²) in [4.78, 5) is 33.6. The van der Waals surface area contributed by atoms with Crippen LogP contribution >= 0.6 is 0 Å². The van der Waals surface area contributed by atoms with Crippen molar-refractivity contribution in [3.63, 3.8) is 0 Å². The Labute approximate surface area is 171 Å². The van der Waals surface area contributed by atoms with Crippen LogP contribution < -0.4 is 21.9 Å². The molecule has 0 bridgehead atoms. The van der Waals surface area contributed by atoms with Gasteiger partial charge in [-0.15, -0.1) is 0 Å². The molecule has 29 heavy (non-hydrogen) atoms. The molecule has 0 saturated heterocycles. The fraction of sp³-hybridized carbons (Fsp3) is 0.700. The summed E-state index contributed by atoms with van der Waals surface area (Å²) in [6, 6.07) is 0. The van der Waals surface area contributed by atoms with E-state index in [0.29, 0.717) is 43.0 Å². The predicted molar refractivity (Wildman–Crippen MR) is 114 cm³/mol. The molecule has 0 atom stereocenters. The second-order valence-corrected chi connectivity index (χ2v) is 7.81. The number of aromatic amines is 1. The predicted octanol–water partition coefficient (Wildman–Crippen LogP) is 2.70. The summed E-state index contributed by atoms with van der Waals surface area (Å²) in [5, 5.41) is 4.06. The molecule has 0 spiro atoms. The van der Waals surface area contributed by atoms with Crippen molar-refractivity contribution in [2.45, 2.75) is 79.3 Å². The van der Waals surface area contributed by atoms with Crippen LogP contribution in [0.2, 0.25) is 0 Å². The maximum Gasteiger partial charge on any atom is 0.330 e. The van der Waals surface area contributed by atoms with Crippen LogP contribution in [0.15, 0.2) is 14.1 Å². The minimum absolute atomic E-state index is 0.186. The van der Waals surface area contributed by atoms with Crippen LogP contribution in [0, 0.1) is 5.92 Å². The smallest absolute Gasteiger partial charge is 0.330 e. The van der Waals surface area contributed by atoms with Crippen molar-refractivity contribution in [1.82, 2.24) is 19.7 Å². The minimum atomic E-state index is -0.487. The number of nitrogens with zero attached hydrogens (tertiary/aromatic N) is 4. The van der Waals surface area contributed by atoms with Crippen LogP contribution in [0.25, 0.3) is 0 Å². The number of hydrogen-bond donors (Lipinski definition) is 2. The average Bonchev–Trinajstić information content (AvgIpc) is 3.11. The van der Waals surface area contributed by atoms with E-state index in [4.69, 9.17) is 10.3 Å². The van der Waals surface area contributed by atoms with E-state index >= 15 is 0 Å². The molecule has 0 radical (unpaired) electrons. The molecule has 0 aromatic carbocycles. The molecule has 162 valence electrons. The highest BCUT2D eigenvalue weighted by Crippen LogP contribution is 2.20. The number of nitrogen functional groups attached to an aromatic ring is 1. The van der Waals surface area contributed by atoms with Crippen molar-refractivity contribution in [1.29, 1.82) is 0 Å². The maximum absolute atomic E-state index is 12.7. The Morgan fingerprint density at radius 3 is 2.59 bits per heavy atom. The van der Waals surface area contributed by atoms with Crippen LogP contribution in [-0.2, 0) is 19.5 Å². The zero-order chi connectivity index (χ0) is 21.4. The molecule has 0 aliphatic rings. The van der Waals surface area contributed by atoms with E-state index in [-0.39, 0.29) is 5.82 Å². The van der Waals surface area contributed by atoms with Gasteiger partial charge in [0.25, 0.3) is 5.56 Å². The lowest BCUT2D eigenvalue weighted by atomic mass is 10.1. The lowest BCUT2D eigenvalue weighted by Gasteiger charge is -2.25. The Morgan fingerprint density at radius 1 is 1.21 bits per heavy atom. The monoisotopic (exact) mass is 406 g/mol. The number of aryl methyl sites for hydroxylation is 1. The Balaban J connectivity index is 2.37. The molecule has 0 saturated carbocycles. The Hall–Kier alpha value is -2.58. The SMILES string of the molecule is CCCCc1nc(CN(CCC(C)C)c2c(N)n(CCCC)c(=O)[nH]c2=O)no1. The van der Waals surface area contributed by atoms with Gasteiger partial charge >= 0.3 is 5.69 Å². The largest absolute Gasteiger partial charge is 0.383 e. The molecule has 0 amide bonds. The van der Waals surface area contributed by atoms with Gasteiger partial charge in [0.2, 0.25) is 5.89 Å². The Morgan fingerprint density at radius 2 is 1.93 bits per heavy atom. The van der Waals surface area contributed by atoms with E-state index in [2.05, 4.69) is 35.9 Å². The summed E-state index contributed by atoms with van der Waals surface area (Å²) in [6.45, 7) is 9.72. The molecule has 2 aromatic rings. The molecule has 2 heterocycles. The van der Waals surface area contributed by atoms with Crippen molar-refractivity contribution in [2.75, 3.05) is 17.2 Å². The molecule has 0 aliphatic heterocycles. The number of anilines is 2. The molecule has 9 heteroatoms. The molecular formula is C20H34N6O3. The third kappa shape index (κ3) is 6.20. The molecule has 0 unspecified atom stereocenters. The molecule has 3 N–H and O–H groups in total. The first kappa shape index (κ1) is 22.7. The molecular weight excluding hydrogens is 372 g/mol. The van der Waals surface area contributed by atoms with Gasteiger partial charge < -0.3 is 15.2 Å². The van der Waals surface area contributed by atoms with Crippen molar-refractivity contribution >= 4 is 11.5 Å². The summed E-state index contributed by atoms with van der Waals surface area (Å²) in [5.74, 6) is 1.73. The Kier molecular flexibility index (Phi) is 8.48. The Bertz CT molecular complexity index is 883. The standard InChI is InChI=1S/C20H34N6O3/c1-5-7-9-16-22-15(24-29-16)13-25(12-10-14(3)4)17-18(21)26(11-8-6-2)20(28)23-19(17)27/h14H,5-13,21H2,1-4H3,(H,23,27,28). The van der Waals surface area contributed by atoms with Gasteiger partial charge in [-0.25, -0.2) is 4.79 Å². The summed E-state index contributed by atoms with van der Waals surface area (Å²) < 4.78 is 6.76. The number of nitrogens with two attached hydrogens (primary N) is 1. The molecule has 9 nitrogen and oxygen atoms in total. The third-order valence-electron chi connectivity index (χ3n) is 4.83. The normalized spacial score (nSPS) is 11.3. The number of hydrogen-bond acceptors (Lipinski definition) is 7. The molecule has 0 aliphatic carbocycles. The topological polar surface area (TPSA) is 123 Å². The van der Waals surface area contributed by atoms with Crippen molar-refractivity contribution in [3.05, 3.63) is 32.6 Å². The van der Waals surface area contributed by atoms with Crippen LogP contribution in [0.5, 0.6) is 0 Å². The van der Waals surface area contributed by atoms with E-state index in [1.165, 1.54) is 4.57 Å². The number of unbranched alkanes of at least 4 members (excludes halogenated alkanes) is 2. The van der Waals surface area contributed by atoms with Gasteiger partial charge in [0, 0.05) is 19.5 Å². The zero-order valence-corrected chi connectivity index (χ0v) is 18.0. The quantitative estimate of drug-likeness (QED) is 0.555. The van der Waals surface area contributed by atoms with Crippen molar-refractivity contribution in [3.8, 4) is 0 Å². The fourth-order valence-electron chi connectivity index (χ4n) is 3.06. The van der Waals surface area contributed by atoms with Gasteiger partial charge in [-0.1, -0.05) is 45.7 Å². The second kappa shape index (κ2) is 10.8. The summed E-state index contributed by atoms with van der Waals surface area (Å²) >= 11 is 0.